The maximum atomic E-state index is 12.8. The predicted molar refractivity (Wildman–Crippen MR) is 97.6 cm³/mol. The molecule has 0 spiro atoms. The van der Waals surface area contributed by atoms with Gasteiger partial charge < -0.3 is 13.9 Å². The van der Waals surface area contributed by atoms with Crippen LogP contribution in [0, 0.1) is 6.92 Å². The first-order valence-corrected chi connectivity index (χ1v) is 9.31. The van der Waals surface area contributed by atoms with Gasteiger partial charge in [0.25, 0.3) is 0 Å². The van der Waals surface area contributed by atoms with Crippen LogP contribution >= 0.6 is 0 Å². The lowest BCUT2D eigenvalue weighted by molar-refractivity contribution is -0.135. The Labute approximate surface area is 157 Å². The molecular weight excluding hydrogens is 344 g/mol. The van der Waals surface area contributed by atoms with Gasteiger partial charge in [0.15, 0.2) is 0 Å². The van der Waals surface area contributed by atoms with E-state index in [4.69, 9.17) is 9.05 Å². The Hall–Kier alpha value is -2.96. The lowest BCUT2D eigenvalue weighted by Gasteiger charge is -2.34. The molecule has 3 aromatic rings. The second-order valence-corrected chi connectivity index (χ2v) is 6.84. The van der Waals surface area contributed by atoms with Gasteiger partial charge in [-0.15, -0.1) is 0 Å². The molecule has 0 saturated carbocycles. The van der Waals surface area contributed by atoms with E-state index in [9.17, 15) is 4.79 Å². The largest absolute Gasteiger partial charge is 0.361 e. The number of aromatic nitrogens is 3. The Morgan fingerprint density at radius 1 is 1.19 bits per heavy atom. The Morgan fingerprint density at radius 3 is 2.81 bits per heavy atom. The van der Waals surface area contributed by atoms with Crippen LogP contribution in [-0.2, 0) is 11.2 Å². The molecule has 0 unspecified atom stereocenters. The van der Waals surface area contributed by atoms with Gasteiger partial charge in [0, 0.05) is 31.0 Å². The third kappa shape index (κ3) is 3.92. The number of rotatable bonds is 5. The first-order chi connectivity index (χ1) is 13.2. The van der Waals surface area contributed by atoms with Crippen LogP contribution in [0.25, 0.3) is 11.4 Å². The van der Waals surface area contributed by atoms with Crippen molar-refractivity contribution in [2.45, 2.75) is 45.1 Å². The monoisotopic (exact) mass is 366 g/mol. The van der Waals surface area contributed by atoms with E-state index in [1.165, 1.54) is 0 Å². The summed E-state index contributed by atoms with van der Waals surface area (Å²) in [5, 5.41) is 8.13. The van der Waals surface area contributed by atoms with E-state index in [-0.39, 0.29) is 11.9 Å². The van der Waals surface area contributed by atoms with Gasteiger partial charge >= 0.3 is 0 Å². The van der Waals surface area contributed by atoms with Crippen LogP contribution in [0.15, 0.2) is 45.4 Å². The number of benzene rings is 1. The fourth-order valence-corrected chi connectivity index (χ4v) is 3.50. The zero-order valence-electron chi connectivity index (χ0n) is 15.3. The van der Waals surface area contributed by atoms with Gasteiger partial charge in [-0.2, -0.15) is 4.98 Å². The molecule has 0 aliphatic carbocycles. The summed E-state index contributed by atoms with van der Waals surface area (Å²) in [5.74, 6) is 1.88. The van der Waals surface area contributed by atoms with E-state index in [1.54, 1.807) is 0 Å². The molecule has 1 aliphatic rings. The fraction of sp³-hybridized carbons (Fsp3) is 0.400. The molecule has 7 nitrogen and oxygen atoms in total. The molecule has 0 bridgehead atoms. The Morgan fingerprint density at radius 2 is 2.04 bits per heavy atom. The van der Waals surface area contributed by atoms with Crippen LogP contribution in [0.1, 0.15) is 49.1 Å². The number of likely N-dealkylation sites (tertiary alicyclic amines) is 1. The van der Waals surface area contributed by atoms with Crippen LogP contribution < -0.4 is 0 Å². The van der Waals surface area contributed by atoms with Crippen molar-refractivity contribution >= 4 is 5.91 Å². The highest BCUT2D eigenvalue weighted by Gasteiger charge is 2.30. The van der Waals surface area contributed by atoms with Gasteiger partial charge in [-0.1, -0.05) is 40.6 Å². The number of nitrogens with zero attached hydrogens (tertiary/aromatic N) is 4. The van der Waals surface area contributed by atoms with E-state index < -0.39 is 0 Å². The van der Waals surface area contributed by atoms with Crippen molar-refractivity contribution in [3.8, 4) is 11.4 Å². The number of piperidine rings is 1. The Kier molecular flexibility index (Phi) is 5.00. The molecule has 3 heterocycles. The number of aryl methyl sites for hydroxylation is 2. The molecule has 1 amide bonds. The van der Waals surface area contributed by atoms with E-state index in [1.807, 2.05) is 48.2 Å². The van der Waals surface area contributed by atoms with Gasteiger partial charge in [0.05, 0.1) is 6.04 Å². The summed E-state index contributed by atoms with van der Waals surface area (Å²) in [6.07, 6.45) is 3.78. The smallest absolute Gasteiger partial charge is 0.227 e. The first-order valence-electron chi connectivity index (χ1n) is 9.31. The Balaban J connectivity index is 1.40. The zero-order chi connectivity index (χ0) is 18.6. The second-order valence-electron chi connectivity index (χ2n) is 6.84. The van der Waals surface area contributed by atoms with Crippen LogP contribution in [0.5, 0.6) is 0 Å². The molecule has 140 valence electrons. The van der Waals surface area contributed by atoms with Crippen LogP contribution in [0.2, 0.25) is 0 Å². The van der Waals surface area contributed by atoms with Crippen molar-refractivity contribution in [1.82, 2.24) is 20.2 Å². The number of hydrogen-bond donors (Lipinski definition) is 0. The zero-order valence-corrected chi connectivity index (χ0v) is 15.3. The third-order valence-electron chi connectivity index (χ3n) is 4.86. The highest BCUT2D eigenvalue weighted by atomic mass is 16.5. The molecule has 2 aromatic heterocycles. The average molecular weight is 366 g/mol. The van der Waals surface area contributed by atoms with Crippen LogP contribution in [0.4, 0.5) is 0 Å². The number of carbonyl (C=O) groups is 1. The van der Waals surface area contributed by atoms with Crippen LogP contribution in [-0.4, -0.2) is 32.6 Å². The molecule has 4 rings (SSSR count). The first kappa shape index (κ1) is 17.5. The number of carbonyl (C=O) groups excluding carboxylic acids is 1. The third-order valence-corrected chi connectivity index (χ3v) is 4.86. The molecule has 1 aromatic carbocycles. The minimum atomic E-state index is -0.00809. The van der Waals surface area contributed by atoms with Gasteiger partial charge in [0.1, 0.15) is 11.5 Å². The molecule has 1 atom stereocenters. The summed E-state index contributed by atoms with van der Waals surface area (Å²) in [6, 6.07) is 11.6. The van der Waals surface area contributed by atoms with E-state index >= 15 is 0 Å². The summed E-state index contributed by atoms with van der Waals surface area (Å²) < 4.78 is 10.5. The standard InChI is InChI=1S/C20H22N4O3/c1-14-13-16(22-26-14)17-9-5-6-12-24(17)19(25)11-10-18-21-20(23-27-18)15-7-3-2-4-8-15/h2-4,7-8,13,17H,5-6,9-12H2,1H3/t17-/m1/s1. The highest BCUT2D eigenvalue weighted by Crippen LogP contribution is 2.31. The molecule has 1 fully saturated rings. The van der Waals surface area contributed by atoms with Crippen molar-refractivity contribution in [3.63, 3.8) is 0 Å². The number of amides is 1. The summed E-state index contributed by atoms with van der Waals surface area (Å²) in [7, 11) is 0. The molecule has 1 saturated heterocycles. The maximum Gasteiger partial charge on any atom is 0.227 e. The minimum absolute atomic E-state index is 0.00809. The second kappa shape index (κ2) is 7.73. The minimum Gasteiger partial charge on any atom is -0.361 e. The Bertz CT molecular complexity index is 903. The molecule has 0 N–H and O–H groups in total. The molecule has 1 aliphatic heterocycles. The molecule has 27 heavy (non-hydrogen) atoms. The van der Waals surface area contributed by atoms with Crippen molar-refractivity contribution in [2.24, 2.45) is 0 Å². The number of hydrogen-bond acceptors (Lipinski definition) is 6. The van der Waals surface area contributed by atoms with Crippen molar-refractivity contribution in [1.29, 1.82) is 0 Å². The predicted octanol–water partition coefficient (Wildman–Crippen LogP) is 3.72. The van der Waals surface area contributed by atoms with Gasteiger partial charge in [-0.05, 0) is 26.2 Å². The summed E-state index contributed by atoms with van der Waals surface area (Å²) in [4.78, 5) is 19.1. The van der Waals surface area contributed by atoms with E-state index in [0.717, 1.165) is 42.8 Å². The van der Waals surface area contributed by atoms with Gasteiger partial charge in [-0.25, -0.2) is 0 Å². The highest BCUT2D eigenvalue weighted by molar-refractivity contribution is 5.77. The normalized spacial score (nSPS) is 17.2. The van der Waals surface area contributed by atoms with Gasteiger partial charge in [-0.3, -0.25) is 4.79 Å². The molecule has 0 radical (unpaired) electrons. The molecule has 7 heteroatoms. The average Bonchev–Trinajstić information content (AvgIpc) is 3.36. The lowest BCUT2D eigenvalue weighted by atomic mass is 9.98. The van der Waals surface area contributed by atoms with Crippen molar-refractivity contribution < 1.29 is 13.8 Å². The lowest BCUT2D eigenvalue weighted by Crippen LogP contribution is -2.38. The van der Waals surface area contributed by atoms with Crippen molar-refractivity contribution in [3.05, 3.63) is 53.7 Å². The summed E-state index contributed by atoms with van der Waals surface area (Å²) in [6.45, 7) is 2.61. The quantitative estimate of drug-likeness (QED) is 0.684. The summed E-state index contributed by atoms with van der Waals surface area (Å²) >= 11 is 0. The topological polar surface area (TPSA) is 85.3 Å². The SMILES string of the molecule is Cc1cc([C@H]2CCCCN2C(=O)CCc2nc(-c3ccccc3)no2)no1. The van der Waals surface area contributed by atoms with Crippen molar-refractivity contribution in [2.75, 3.05) is 6.54 Å². The molecular formula is C20H22N4O3. The fourth-order valence-electron chi connectivity index (χ4n) is 3.50. The van der Waals surface area contributed by atoms with E-state index in [2.05, 4.69) is 15.3 Å². The maximum absolute atomic E-state index is 12.8. The van der Waals surface area contributed by atoms with Crippen LogP contribution in [0.3, 0.4) is 0 Å². The summed E-state index contributed by atoms with van der Waals surface area (Å²) in [5.41, 5.74) is 1.74. The van der Waals surface area contributed by atoms with E-state index in [0.29, 0.717) is 24.6 Å². The van der Waals surface area contributed by atoms with Gasteiger partial charge in [0.2, 0.25) is 17.6 Å².